The molecule has 206 valence electrons. The Hall–Kier alpha value is -3.59. The molecule has 2 atom stereocenters. The Morgan fingerprint density at radius 3 is 2.51 bits per heavy atom. The number of imidazole rings is 1. The lowest BCUT2D eigenvalue weighted by Crippen LogP contribution is -2.34. The summed E-state index contributed by atoms with van der Waals surface area (Å²) in [7, 11) is 0. The van der Waals surface area contributed by atoms with Gasteiger partial charge in [-0.3, -0.25) is 24.8 Å². The number of alkyl halides is 1. The van der Waals surface area contributed by atoms with Crippen molar-refractivity contribution in [3.63, 3.8) is 0 Å². The van der Waals surface area contributed by atoms with Gasteiger partial charge in [-0.05, 0) is 81.9 Å². The number of halogens is 1. The number of amides is 2. The first-order valence-electron chi connectivity index (χ1n) is 13.8. The summed E-state index contributed by atoms with van der Waals surface area (Å²) in [6.07, 6.45) is 3.89. The van der Waals surface area contributed by atoms with Crippen LogP contribution in [0.25, 0.3) is 11.0 Å². The molecule has 2 amide bonds. The van der Waals surface area contributed by atoms with Crippen LogP contribution in [0, 0.1) is 20.8 Å². The summed E-state index contributed by atoms with van der Waals surface area (Å²) in [4.78, 5) is 39.3. The fourth-order valence-electron chi connectivity index (χ4n) is 6.03. The summed E-state index contributed by atoms with van der Waals surface area (Å²) in [5.74, 6) is 0.123. The summed E-state index contributed by atoms with van der Waals surface area (Å²) in [6, 6.07) is 7.65. The average molecular weight is 533 g/mol. The van der Waals surface area contributed by atoms with Crippen LogP contribution in [0.4, 0.5) is 10.3 Å². The highest BCUT2D eigenvalue weighted by molar-refractivity contribution is 6.04. The maximum atomic E-state index is 13.8. The molecule has 2 aliphatic rings. The van der Waals surface area contributed by atoms with E-state index in [0.29, 0.717) is 44.1 Å². The molecule has 4 heterocycles. The van der Waals surface area contributed by atoms with E-state index in [2.05, 4.69) is 39.3 Å². The van der Waals surface area contributed by atoms with Gasteiger partial charge < -0.3 is 9.47 Å². The smallest absolute Gasteiger partial charge is 0.258 e. The van der Waals surface area contributed by atoms with Gasteiger partial charge in [0.15, 0.2) is 0 Å². The van der Waals surface area contributed by atoms with Crippen molar-refractivity contribution in [2.45, 2.75) is 65.2 Å². The number of likely N-dealkylation sites (tertiary alicyclic amines) is 2. The van der Waals surface area contributed by atoms with Gasteiger partial charge in [-0.1, -0.05) is 12.6 Å². The quantitative estimate of drug-likeness (QED) is 0.457. The number of hydrogen-bond acceptors (Lipinski definition) is 5. The molecule has 9 heteroatoms. The van der Waals surface area contributed by atoms with Gasteiger partial charge in [-0.2, -0.15) is 0 Å². The third kappa shape index (κ3) is 5.88. The number of benzene rings is 1. The van der Waals surface area contributed by atoms with E-state index in [-0.39, 0.29) is 17.9 Å². The minimum atomic E-state index is -0.771. The number of hydrogen-bond donors (Lipinski definition) is 1. The number of fused-ring (bicyclic) bond motifs is 1. The molecule has 0 bridgehead atoms. The molecular weight excluding hydrogens is 495 g/mol. The Balaban J connectivity index is 1.56. The fraction of sp³-hybridized carbons (Fsp3) is 0.467. The van der Waals surface area contributed by atoms with Crippen molar-refractivity contribution in [1.29, 1.82) is 0 Å². The standard InChI is InChI=1S/C30H37FN6O2/c1-5-27(38)36-10-7-6-8-25(18-36)37-28-19(2)12-22(16-35-11-9-24(31)17-35)15-26(28)33-30(37)34-29(39)23-13-20(3)32-21(4)14-23/h5,12-15,24-25H,1,6-11,16-18H2,2-4H3,(H,33,34,39)/t24-,25-/m1/s1. The van der Waals surface area contributed by atoms with Crippen LogP contribution < -0.4 is 5.32 Å². The van der Waals surface area contributed by atoms with Gasteiger partial charge in [0.2, 0.25) is 11.9 Å². The molecule has 2 aliphatic heterocycles. The van der Waals surface area contributed by atoms with Gasteiger partial charge in [0.05, 0.1) is 17.1 Å². The number of nitrogens with zero attached hydrogens (tertiary/aromatic N) is 5. The van der Waals surface area contributed by atoms with Crippen molar-refractivity contribution < 1.29 is 14.0 Å². The topological polar surface area (TPSA) is 83.4 Å². The number of anilines is 1. The zero-order valence-corrected chi connectivity index (χ0v) is 23.0. The van der Waals surface area contributed by atoms with Crippen molar-refractivity contribution in [3.05, 3.63) is 65.0 Å². The minimum Gasteiger partial charge on any atom is -0.337 e. The Morgan fingerprint density at radius 2 is 1.82 bits per heavy atom. The van der Waals surface area contributed by atoms with Crippen molar-refractivity contribution >= 4 is 28.8 Å². The molecule has 1 aromatic carbocycles. The largest absolute Gasteiger partial charge is 0.337 e. The lowest BCUT2D eigenvalue weighted by Gasteiger charge is -2.26. The van der Waals surface area contributed by atoms with Crippen LogP contribution in [0.15, 0.2) is 36.9 Å². The van der Waals surface area contributed by atoms with Crippen LogP contribution in [0.5, 0.6) is 0 Å². The van der Waals surface area contributed by atoms with Crippen LogP contribution in [-0.4, -0.2) is 68.5 Å². The number of carbonyl (C=O) groups is 2. The van der Waals surface area contributed by atoms with Crippen molar-refractivity contribution in [2.24, 2.45) is 0 Å². The number of aryl methyl sites for hydroxylation is 3. The number of carbonyl (C=O) groups excluding carboxylic acids is 2. The van der Waals surface area contributed by atoms with Gasteiger partial charge in [-0.25, -0.2) is 9.37 Å². The number of rotatable bonds is 6. The van der Waals surface area contributed by atoms with E-state index >= 15 is 0 Å². The third-order valence-corrected chi connectivity index (χ3v) is 7.72. The molecule has 39 heavy (non-hydrogen) atoms. The maximum Gasteiger partial charge on any atom is 0.258 e. The lowest BCUT2D eigenvalue weighted by molar-refractivity contribution is -0.126. The number of nitrogens with one attached hydrogen (secondary N) is 1. The molecule has 0 saturated carbocycles. The molecular formula is C30H37FN6O2. The van der Waals surface area contributed by atoms with Crippen molar-refractivity contribution in [1.82, 2.24) is 24.3 Å². The second-order valence-electron chi connectivity index (χ2n) is 10.9. The van der Waals surface area contributed by atoms with Gasteiger partial charge in [0, 0.05) is 49.7 Å². The van der Waals surface area contributed by atoms with E-state index < -0.39 is 6.17 Å². The molecule has 2 saturated heterocycles. The summed E-state index contributed by atoms with van der Waals surface area (Å²) >= 11 is 0. The zero-order valence-electron chi connectivity index (χ0n) is 23.0. The van der Waals surface area contributed by atoms with E-state index in [4.69, 9.17) is 4.98 Å². The van der Waals surface area contributed by atoms with Crippen LogP contribution in [0.3, 0.4) is 0 Å². The molecule has 0 unspecified atom stereocenters. The predicted octanol–water partition coefficient (Wildman–Crippen LogP) is 4.89. The lowest BCUT2D eigenvalue weighted by atomic mass is 10.1. The Morgan fingerprint density at radius 1 is 1.05 bits per heavy atom. The molecule has 5 rings (SSSR count). The van der Waals surface area contributed by atoms with E-state index in [1.54, 1.807) is 12.1 Å². The van der Waals surface area contributed by atoms with E-state index in [1.165, 1.54) is 6.08 Å². The highest BCUT2D eigenvalue weighted by Crippen LogP contribution is 2.33. The fourth-order valence-corrected chi connectivity index (χ4v) is 6.03. The van der Waals surface area contributed by atoms with Crippen LogP contribution in [-0.2, 0) is 11.3 Å². The summed E-state index contributed by atoms with van der Waals surface area (Å²) in [6.45, 7) is 12.5. The number of pyridine rings is 1. The van der Waals surface area contributed by atoms with E-state index in [0.717, 1.165) is 59.4 Å². The number of aromatic nitrogens is 3. The normalized spacial score (nSPS) is 20.3. The highest BCUT2D eigenvalue weighted by atomic mass is 19.1. The van der Waals surface area contributed by atoms with Crippen LogP contribution in [0.1, 0.15) is 64.6 Å². The van der Waals surface area contributed by atoms with Crippen LogP contribution >= 0.6 is 0 Å². The first-order valence-corrected chi connectivity index (χ1v) is 13.8. The molecule has 0 aliphatic carbocycles. The van der Waals surface area contributed by atoms with Gasteiger partial charge in [0.25, 0.3) is 5.91 Å². The molecule has 2 aromatic heterocycles. The Kier molecular flexibility index (Phi) is 7.79. The first-order chi connectivity index (χ1) is 18.7. The summed E-state index contributed by atoms with van der Waals surface area (Å²) in [5, 5.41) is 3.07. The summed E-state index contributed by atoms with van der Waals surface area (Å²) < 4.78 is 15.9. The SMILES string of the molecule is C=CC(=O)N1CCCC[C@@H](n2c(NC(=O)c3cc(C)nc(C)c3)nc3cc(CN4CC[C@@H](F)C4)cc(C)c32)C1. The average Bonchev–Trinajstić information content (AvgIpc) is 3.36. The summed E-state index contributed by atoms with van der Waals surface area (Å²) in [5.41, 5.74) is 5.90. The highest BCUT2D eigenvalue weighted by Gasteiger charge is 2.28. The second kappa shape index (κ2) is 11.3. The van der Waals surface area contributed by atoms with Gasteiger partial charge in [-0.15, -0.1) is 0 Å². The van der Waals surface area contributed by atoms with Crippen molar-refractivity contribution in [2.75, 3.05) is 31.5 Å². The van der Waals surface area contributed by atoms with E-state index in [9.17, 15) is 14.0 Å². The van der Waals surface area contributed by atoms with Crippen LogP contribution in [0.2, 0.25) is 0 Å². The molecule has 8 nitrogen and oxygen atoms in total. The molecule has 2 fully saturated rings. The van der Waals surface area contributed by atoms with E-state index in [1.807, 2.05) is 24.8 Å². The Bertz CT molecular complexity index is 1400. The minimum absolute atomic E-state index is 0.0620. The monoisotopic (exact) mass is 532 g/mol. The van der Waals surface area contributed by atoms with Crippen molar-refractivity contribution in [3.8, 4) is 0 Å². The first kappa shape index (κ1) is 27.0. The third-order valence-electron chi connectivity index (χ3n) is 7.72. The second-order valence-corrected chi connectivity index (χ2v) is 10.9. The predicted molar refractivity (Wildman–Crippen MR) is 151 cm³/mol. The molecule has 0 radical (unpaired) electrons. The maximum absolute atomic E-state index is 13.8. The van der Waals surface area contributed by atoms with Gasteiger partial charge in [0.1, 0.15) is 6.17 Å². The van der Waals surface area contributed by atoms with Gasteiger partial charge >= 0.3 is 0 Å². The molecule has 0 spiro atoms. The molecule has 3 aromatic rings. The zero-order chi connectivity index (χ0) is 27.7. The Labute approximate surface area is 228 Å². The molecule has 1 N–H and O–H groups in total.